The van der Waals surface area contributed by atoms with Gasteiger partial charge in [0.1, 0.15) is 5.82 Å². The third-order valence-electron chi connectivity index (χ3n) is 2.04. The Bertz CT molecular complexity index is 380. The van der Waals surface area contributed by atoms with Crippen LogP contribution in [0.3, 0.4) is 0 Å². The molecule has 0 bridgehead atoms. The molecule has 1 aliphatic rings. The standard InChI is InChI=1S/C8H11N3.C2HF3O2/c1-2-4-10-8(3-1)11-7-5-9-6-7;3-2(4,5)1(6)7/h1-4,7,9H,5-6H2,(H,10,11);(H,6,7). The zero-order valence-electron chi connectivity index (χ0n) is 9.24. The molecular formula is C10H12F3N3O2. The summed E-state index contributed by atoms with van der Waals surface area (Å²) >= 11 is 0. The van der Waals surface area contributed by atoms with Gasteiger partial charge in [0.15, 0.2) is 0 Å². The van der Waals surface area contributed by atoms with Gasteiger partial charge in [0.2, 0.25) is 0 Å². The molecule has 0 spiro atoms. The van der Waals surface area contributed by atoms with Crippen molar-refractivity contribution >= 4 is 11.8 Å². The Morgan fingerprint density at radius 3 is 2.39 bits per heavy atom. The second kappa shape index (κ2) is 6.20. The van der Waals surface area contributed by atoms with E-state index in [4.69, 9.17) is 9.90 Å². The first-order valence-electron chi connectivity index (χ1n) is 5.08. The fraction of sp³-hybridized carbons (Fsp3) is 0.400. The molecule has 5 nitrogen and oxygen atoms in total. The molecule has 1 saturated heterocycles. The Morgan fingerprint density at radius 1 is 1.44 bits per heavy atom. The fourth-order valence-corrected chi connectivity index (χ4v) is 1.05. The van der Waals surface area contributed by atoms with Crippen molar-refractivity contribution in [2.75, 3.05) is 18.4 Å². The van der Waals surface area contributed by atoms with Crippen LogP contribution in [0.5, 0.6) is 0 Å². The third-order valence-corrected chi connectivity index (χ3v) is 2.04. The molecule has 2 heterocycles. The second-order valence-electron chi connectivity index (χ2n) is 3.52. The number of aliphatic carboxylic acids is 1. The summed E-state index contributed by atoms with van der Waals surface area (Å²) in [6, 6.07) is 6.47. The number of carboxylic acids is 1. The molecule has 0 radical (unpaired) electrons. The number of hydrogen-bond acceptors (Lipinski definition) is 4. The van der Waals surface area contributed by atoms with Gasteiger partial charge >= 0.3 is 12.1 Å². The predicted octanol–water partition coefficient (Wildman–Crippen LogP) is 1.10. The second-order valence-corrected chi connectivity index (χ2v) is 3.52. The van der Waals surface area contributed by atoms with E-state index < -0.39 is 12.1 Å². The molecule has 0 amide bonds. The molecule has 18 heavy (non-hydrogen) atoms. The summed E-state index contributed by atoms with van der Waals surface area (Å²) in [5, 5.41) is 13.6. The van der Waals surface area contributed by atoms with Crippen LogP contribution in [-0.2, 0) is 4.79 Å². The number of halogens is 3. The zero-order chi connectivity index (χ0) is 13.6. The number of rotatable bonds is 2. The van der Waals surface area contributed by atoms with Crippen molar-refractivity contribution in [2.45, 2.75) is 12.2 Å². The SMILES string of the molecule is O=C(O)C(F)(F)F.c1ccc(NC2CNC2)nc1. The minimum absolute atomic E-state index is 0.574. The molecule has 0 aliphatic carbocycles. The number of aromatic nitrogens is 1. The summed E-state index contributed by atoms with van der Waals surface area (Å²) < 4.78 is 31.7. The van der Waals surface area contributed by atoms with Crippen LogP contribution in [0.15, 0.2) is 24.4 Å². The molecule has 1 aliphatic heterocycles. The Hall–Kier alpha value is -1.83. The summed E-state index contributed by atoms with van der Waals surface area (Å²) in [7, 11) is 0. The largest absolute Gasteiger partial charge is 0.490 e. The number of anilines is 1. The van der Waals surface area contributed by atoms with Crippen LogP contribution in [0.25, 0.3) is 0 Å². The maximum Gasteiger partial charge on any atom is 0.490 e. The van der Waals surface area contributed by atoms with Gasteiger partial charge in [0, 0.05) is 19.3 Å². The van der Waals surface area contributed by atoms with E-state index in [2.05, 4.69) is 15.6 Å². The number of nitrogens with one attached hydrogen (secondary N) is 2. The number of nitrogens with zero attached hydrogens (tertiary/aromatic N) is 1. The van der Waals surface area contributed by atoms with Gasteiger partial charge in [-0.3, -0.25) is 0 Å². The molecule has 100 valence electrons. The minimum atomic E-state index is -5.08. The van der Waals surface area contributed by atoms with Gasteiger partial charge in [-0.1, -0.05) is 6.07 Å². The van der Waals surface area contributed by atoms with E-state index in [9.17, 15) is 13.2 Å². The maximum atomic E-state index is 10.6. The summed E-state index contributed by atoms with van der Waals surface area (Å²) in [5.41, 5.74) is 0. The van der Waals surface area contributed by atoms with Crippen LogP contribution in [0.1, 0.15) is 0 Å². The van der Waals surface area contributed by atoms with E-state index in [1.165, 1.54) is 0 Å². The van der Waals surface area contributed by atoms with Gasteiger partial charge in [0.05, 0.1) is 6.04 Å². The lowest BCUT2D eigenvalue weighted by Crippen LogP contribution is -2.51. The molecule has 0 aromatic carbocycles. The van der Waals surface area contributed by atoms with Crippen molar-refractivity contribution in [2.24, 2.45) is 0 Å². The molecule has 1 fully saturated rings. The summed E-state index contributed by atoms with van der Waals surface area (Å²) in [5.74, 6) is -1.79. The Kier molecular flexibility index (Phi) is 4.90. The Morgan fingerprint density at radius 2 is 2.06 bits per heavy atom. The minimum Gasteiger partial charge on any atom is -0.475 e. The van der Waals surface area contributed by atoms with Gasteiger partial charge in [-0.05, 0) is 12.1 Å². The number of carboxylic acid groups (broad SMARTS) is 1. The van der Waals surface area contributed by atoms with Crippen molar-refractivity contribution in [1.82, 2.24) is 10.3 Å². The molecular weight excluding hydrogens is 251 g/mol. The number of hydrogen-bond donors (Lipinski definition) is 3. The monoisotopic (exact) mass is 263 g/mol. The van der Waals surface area contributed by atoms with Crippen LogP contribution in [0, 0.1) is 0 Å². The van der Waals surface area contributed by atoms with Gasteiger partial charge in [-0.25, -0.2) is 9.78 Å². The highest BCUT2D eigenvalue weighted by Gasteiger charge is 2.38. The fourth-order valence-electron chi connectivity index (χ4n) is 1.05. The maximum absolute atomic E-state index is 10.6. The number of pyridine rings is 1. The van der Waals surface area contributed by atoms with Crippen molar-refractivity contribution in [3.05, 3.63) is 24.4 Å². The van der Waals surface area contributed by atoms with E-state index >= 15 is 0 Å². The highest BCUT2D eigenvalue weighted by Crippen LogP contribution is 2.13. The van der Waals surface area contributed by atoms with Gasteiger partial charge < -0.3 is 15.7 Å². The first kappa shape index (κ1) is 14.2. The Balaban J connectivity index is 0.000000203. The number of carbonyl (C=O) groups is 1. The predicted molar refractivity (Wildman–Crippen MR) is 58.2 cm³/mol. The summed E-state index contributed by atoms with van der Waals surface area (Å²) in [6.07, 6.45) is -3.28. The van der Waals surface area contributed by atoms with Gasteiger partial charge in [-0.2, -0.15) is 13.2 Å². The molecule has 0 saturated carbocycles. The lowest BCUT2D eigenvalue weighted by molar-refractivity contribution is -0.192. The van der Waals surface area contributed by atoms with E-state index in [0.29, 0.717) is 6.04 Å². The van der Waals surface area contributed by atoms with Crippen molar-refractivity contribution in [1.29, 1.82) is 0 Å². The molecule has 3 N–H and O–H groups in total. The smallest absolute Gasteiger partial charge is 0.475 e. The molecule has 2 rings (SSSR count). The van der Waals surface area contributed by atoms with Crippen molar-refractivity contribution in [3.63, 3.8) is 0 Å². The first-order valence-corrected chi connectivity index (χ1v) is 5.08. The van der Waals surface area contributed by atoms with E-state index in [1.807, 2.05) is 18.2 Å². The van der Waals surface area contributed by atoms with Crippen LogP contribution < -0.4 is 10.6 Å². The number of alkyl halides is 3. The van der Waals surface area contributed by atoms with Gasteiger partial charge in [-0.15, -0.1) is 0 Å². The molecule has 0 atom stereocenters. The third kappa shape index (κ3) is 5.00. The van der Waals surface area contributed by atoms with Gasteiger partial charge in [0.25, 0.3) is 0 Å². The molecule has 1 aromatic rings. The summed E-state index contributed by atoms with van der Waals surface area (Å²) in [4.78, 5) is 13.1. The quantitative estimate of drug-likeness (QED) is 0.745. The Labute approximate surface area is 101 Å². The van der Waals surface area contributed by atoms with Crippen molar-refractivity contribution < 1.29 is 23.1 Å². The molecule has 1 aromatic heterocycles. The highest BCUT2D eigenvalue weighted by molar-refractivity contribution is 5.73. The topological polar surface area (TPSA) is 74.2 Å². The van der Waals surface area contributed by atoms with E-state index in [0.717, 1.165) is 18.9 Å². The lowest BCUT2D eigenvalue weighted by Gasteiger charge is -2.28. The van der Waals surface area contributed by atoms with Crippen LogP contribution in [-0.4, -0.2) is 41.4 Å². The van der Waals surface area contributed by atoms with Crippen LogP contribution in [0.2, 0.25) is 0 Å². The van der Waals surface area contributed by atoms with Crippen LogP contribution >= 0.6 is 0 Å². The van der Waals surface area contributed by atoms with E-state index in [1.54, 1.807) is 6.20 Å². The highest BCUT2D eigenvalue weighted by atomic mass is 19.4. The summed E-state index contributed by atoms with van der Waals surface area (Å²) in [6.45, 7) is 2.10. The van der Waals surface area contributed by atoms with Crippen LogP contribution in [0.4, 0.5) is 19.0 Å². The normalized spacial score (nSPS) is 15.1. The van der Waals surface area contributed by atoms with Crippen molar-refractivity contribution in [3.8, 4) is 0 Å². The average Bonchev–Trinajstić information content (AvgIpc) is 2.25. The lowest BCUT2D eigenvalue weighted by atomic mass is 10.2. The molecule has 0 unspecified atom stereocenters. The zero-order valence-corrected chi connectivity index (χ0v) is 9.24. The molecule has 8 heteroatoms. The first-order chi connectivity index (χ1) is 8.39. The van der Waals surface area contributed by atoms with E-state index in [-0.39, 0.29) is 0 Å². The average molecular weight is 263 g/mol.